The topological polar surface area (TPSA) is 64.2 Å². The van der Waals surface area contributed by atoms with Crippen molar-refractivity contribution in [1.82, 2.24) is 9.97 Å². The Morgan fingerprint density at radius 2 is 2.18 bits per heavy atom. The second kappa shape index (κ2) is 6.07. The number of benzene rings is 1. The first kappa shape index (κ1) is 14.4. The van der Waals surface area contributed by atoms with E-state index in [9.17, 15) is 4.79 Å². The molecule has 6 heteroatoms. The van der Waals surface area contributed by atoms with Crippen LogP contribution in [0, 0.1) is 0 Å². The summed E-state index contributed by atoms with van der Waals surface area (Å²) < 4.78 is 10.6. The summed E-state index contributed by atoms with van der Waals surface area (Å²) in [6.07, 6.45) is 3.30. The highest BCUT2D eigenvalue weighted by molar-refractivity contribution is 6.30. The number of esters is 1. The summed E-state index contributed by atoms with van der Waals surface area (Å²) in [5.74, 6) is 0.202. The van der Waals surface area contributed by atoms with E-state index in [-0.39, 0.29) is 6.61 Å². The molecule has 0 bridgehead atoms. The van der Waals surface area contributed by atoms with Gasteiger partial charge in [-0.2, -0.15) is 0 Å². The predicted octanol–water partition coefficient (Wildman–Crippen LogP) is 3.58. The summed E-state index contributed by atoms with van der Waals surface area (Å²) >= 11 is 5.96. The Bertz CT molecular complexity index is 829. The highest BCUT2D eigenvalue weighted by Gasteiger charge is 2.14. The third kappa shape index (κ3) is 2.76. The lowest BCUT2D eigenvalue weighted by molar-refractivity contribution is 0.0472. The van der Waals surface area contributed by atoms with Gasteiger partial charge in [0.1, 0.15) is 18.0 Å². The zero-order valence-electron chi connectivity index (χ0n) is 11.8. The van der Waals surface area contributed by atoms with Crippen LogP contribution < -0.4 is 4.74 Å². The molecule has 2 aromatic heterocycles. The minimum Gasteiger partial charge on any atom is -0.496 e. The summed E-state index contributed by atoms with van der Waals surface area (Å²) in [5, 5.41) is 1.29. The quantitative estimate of drug-likeness (QED) is 0.747. The van der Waals surface area contributed by atoms with Crippen LogP contribution in [0.3, 0.4) is 0 Å². The second-order valence-electron chi connectivity index (χ2n) is 4.63. The van der Waals surface area contributed by atoms with Crippen molar-refractivity contribution < 1.29 is 14.3 Å². The van der Waals surface area contributed by atoms with Crippen LogP contribution in [0.1, 0.15) is 15.9 Å². The van der Waals surface area contributed by atoms with E-state index < -0.39 is 5.97 Å². The van der Waals surface area contributed by atoms with Crippen LogP contribution in [0.5, 0.6) is 5.75 Å². The van der Waals surface area contributed by atoms with Gasteiger partial charge in [0, 0.05) is 28.4 Å². The number of aromatic amines is 1. The van der Waals surface area contributed by atoms with E-state index in [4.69, 9.17) is 21.1 Å². The maximum Gasteiger partial charge on any atom is 0.339 e. The molecule has 0 amide bonds. The number of H-pyrrole nitrogens is 1. The van der Waals surface area contributed by atoms with Crippen LogP contribution >= 0.6 is 11.6 Å². The summed E-state index contributed by atoms with van der Waals surface area (Å²) in [5.41, 5.74) is 1.82. The number of ether oxygens (including phenoxy) is 2. The number of fused-ring (bicyclic) bond motifs is 1. The molecular weight excluding hydrogens is 304 g/mol. The lowest BCUT2D eigenvalue weighted by Crippen LogP contribution is -2.06. The first-order valence-electron chi connectivity index (χ1n) is 6.60. The summed E-state index contributed by atoms with van der Waals surface area (Å²) in [6, 6.07) is 8.60. The molecule has 2 heterocycles. The average molecular weight is 317 g/mol. The van der Waals surface area contributed by atoms with Crippen LogP contribution in [0.15, 0.2) is 42.7 Å². The number of nitrogens with one attached hydrogen (secondary N) is 1. The summed E-state index contributed by atoms with van der Waals surface area (Å²) in [6.45, 7) is 0.0802. The van der Waals surface area contributed by atoms with Crippen LogP contribution in [0.2, 0.25) is 5.02 Å². The Morgan fingerprint density at radius 1 is 1.32 bits per heavy atom. The molecule has 0 radical (unpaired) electrons. The molecule has 1 aromatic carbocycles. The zero-order valence-corrected chi connectivity index (χ0v) is 12.6. The van der Waals surface area contributed by atoms with E-state index in [0.717, 1.165) is 5.39 Å². The fourth-order valence-corrected chi connectivity index (χ4v) is 2.41. The average Bonchev–Trinajstić information content (AvgIpc) is 3.01. The normalized spacial score (nSPS) is 10.6. The van der Waals surface area contributed by atoms with Gasteiger partial charge in [0.15, 0.2) is 0 Å². The smallest absolute Gasteiger partial charge is 0.339 e. The number of methoxy groups -OCH3 is 1. The second-order valence-corrected chi connectivity index (χ2v) is 5.07. The van der Waals surface area contributed by atoms with Crippen molar-refractivity contribution in [3.05, 3.63) is 58.9 Å². The molecule has 0 aliphatic rings. The summed E-state index contributed by atoms with van der Waals surface area (Å²) in [7, 11) is 1.56. The van der Waals surface area contributed by atoms with Gasteiger partial charge in [-0.1, -0.05) is 11.6 Å². The number of pyridine rings is 1. The molecule has 0 spiro atoms. The van der Waals surface area contributed by atoms with Gasteiger partial charge in [-0.15, -0.1) is 0 Å². The predicted molar refractivity (Wildman–Crippen MR) is 83.2 cm³/mol. The fourth-order valence-electron chi connectivity index (χ4n) is 2.22. The van der Waals surface area contributed by atoms with E-state index in [2.05, 4.69) is 9.97 Å². The van der Waals surface area contributed by atoms with Gasteiger partial charge >= 0.3 is 5.97 Å². The van der Waals surface area contributed by atoms with E-state index >= 15 is 0 Å². The lowest BCUT2D eigenvalue weighted by Gasteiger charge is -2.10. The third-order valence-corrected chi connectivity index (χ3v) is 3.52. The van der Waals surface area contributed by atoms with Crippen molar-refractivity contribution in [3.8, 4) is 5.75 Å². The Kier molecular flexibility index (Phi) is 3.98. The van der Waals surface area contributed by atoms with E-state index in [0.29, 0.717) is 27.5 Å². The first-order valence-corrected chi connectivity index (χ1v) is 6.98. The monoisotopic (exact) mass is 316 g/mol. The van der Waals surface area contributed by atoms with Crippen molar-refractivity contribution in [2.45, 2.75) is 6.61 Å². The van der Waals surface area contributed by atoms with Crippen molar-refractivity contribution in [1.29, 1.82) is 0 Å². The van der Waals surface area contributed by atoms with E-state index in [1.54, 1.807) is 49.8 Å². The minimum absolute atomic E-state index is 0.0802. The molecule has 0 aliphatic carbocycles. The maximum atomic E-state index is 12.3. The SMILES string of the molecule is COc1ccc(Cl)cc1COC(=O)c1ccnc2[nH]ccc12. The molecule has 0 saturated heterocycles. The Balaban J connectivity index is 1.81. The largest absolute Gasteiger partial charge is 0.496 e. The number of carbonyl (C=O) groups excluding carboxylic acids is 1. The molecule has 1 N–H and O–H groups in total. The molecule has 0 saturated carbocycles. The number of rotatable bonds is 4. The third-order valence-electron chi connectivity index (χ3n) is 3.28. The van der Waals surface area contributed by atoms with Gasteiger partial charge < -0.3 is 14.5 Å². The van der Waals surface area contributed by atoms with Crippen molar-refractivity contribution in [3.63, 3.8) is 0 Å². The highest BCUT2D eigenvalue weighted by Crippen LogP contribution is 2.24. The van der Waals surface area contributed by atoms with Gasteiger partial charge in [-0.05, 0) is 30.3 Å². The summed E-state index contributed by atoms with van der Waals surface area (Å²) in [4.78, 5) is 19.4. The van der Waals surface area contributed by atoms with Crippen molar-refractivity contribution in [2.24, 2.45) is 0 Å². The lowest BCUT2D eigenvalue weighted by atomic mass is 10.2. The minimum atomic E-state index is -0.422. The van der Waals surface area contributed by atoms with E-state index in [1.165, 1.54) is 0 Å². The molecule has 0 unspecified atom stereocenters. The van der Waals surface area contributed by atoms with Gasteiger partial charge in [0.2, 0.25) is 0 Å². The maximum absolute atomic E-state index is 12.3. The first-order chi connectivity index (χ1) is 10.7. The molecule has 0 fully saturated rings. The van der Waals surface area contributed by atoms with Crippen LogP contribution in [-0.4, -0.2) is 23.0 Å². The zero-order chi connectivity index (χ0) is 15.5. The number of nitrogens with zero attached hydrogens (tertiary/aromatic N) is 1. The number of halogens is 1. The fraction of sp³-hybridized carbons (Fsp3) is 0.125. The molecule has 3 rings (SSSR count). The molecule has 3 aromatic rings. The Hall–Kier alpha value is -2.53. The van der Waals surface area contributed by atoms with Crippen LogP contribution in [-0.2, 0) is 11.3 Å². The molecular formula is C16H13ClN2O3. The Morgan fingerprint density at radius 3 is 3.00 bits per heavy atom. The van der Waals surface area contributed by atoms with Gasteiger partial charge in [0.25, 0.3) is 0 Å². The van der Waals surface area contributed by atoms with Crippen molar-refractivity contribution >= 4 is 28.6 Å². The standard InChI is InChI=1S/C16H13ClN2O3/c1-21-14-3-2-11(17)8-10(14)9-22-16(20)13-5-7-19-15-12(13)4-6-18-15/h2-8H,9H2,1H3,(H,18,19). The molecule has 5 nitrogen and oxygen atoms in total. The number of hydrogen-bond donors (Lipinski definition) is 1. The van der Waals surface area contributed by atoms with Crippen molar-refractivity contribution in [2.75, 3.05) is 7.11 Å². The molecule has 22 heavy (non-hydrogen) atoms. The number of aromatic nitrogens is 2. The number of carbonyl (C=O) groups is 1. The van der Waals surface area contributed by atoms with Crippen LogP contribution in [0.25, 0.3) is 11.0 Å². The van der Waals surface area contributed by atoms with Gasteiger partial charge in [0.05, 0.1) is 12.7 Å². The van der Waals surface area contributed by atoms with Crippen LogP contribution in [0.4, 0.5) is 0 Å². The molecule has 0 atom stereocenters. The molecule has 0 aliphatic heterocycles. The van der Waals surface area contributed by atoms with Gasteiger partial charge in [-0.25, -0.2) is 9.78 Å². The van der Waals surface area contributed by atoms with E-state index in [1.807, 2.05) is 0 Å². The number of hydrogen-bond acceptors (Lipinski definition) is 4. The Labute approximate surface area is 131 Å². The molecule has 112 valence electrons. The van der Waals surface area contributed by atoms with Gasteiger partial charge in [-0.3, -0.25) is 0 Å². The highest BCUT2D eigenvalue weighted by atomic mass is 35.5.